The van der Waals surface area contributed by atoms with E-state index in [1.807, 2.05) is 78.6 Å². The Hall–Kier alpha value is -3.25. The first kappa shape index (κ1) is 26.4. The van der Waals surface area contributed by atoms with Crippen molar-refractivity contribution in [2.75, 3.05) is 18.0 Å². The number of hydrogen-bond donors (Lipinski definition) is 2. The van der Waals surface area contributed by atoms with Crippen LogP contribution in [0, 0.1) is 0 Å². The Kier molecular flexibility index (Phi) is 10.2. The predicted octanol–water partition coefficient (Wildman–Crippen LogP) is 6.97. The van der Waals surface area contributed by atoms with Crippen molar-refractivity contribution in [2.45, 2.75) is 55.2 Å². The third-order valence-electron chi connectivity index (χ3n) is 5.87. The number of nitrogens with zero attached hydrogens (tertiary/aromatic N) is 1. The predicted molar refractivity (Wildman–Crippen MR) is 143 cm³/mol. The van der Waals surface area contributed by atoms with Crippen LogP contribution >= 0.6 is 11.8 Å². The quantitative estimate of drug-likeness (QED) is 0.287. The van der Waals surface area contributed by atoms with E-state index in [0.29, 0.717) is 19.5 Å². The van der Waals surface area contributed by atoms with Gasteiger partial charge in [-0.1, -0.05) is 80.6 Å². The Morgan fingerprint density at radius 1 is 0.943 bits per heavy atom. The molecule has 3 aromatic carbocycles. The zero-order valence-electron chi connectivity index (χ0n) is 20.4. The van der Waals surface area contributed by atoms with Crippen LogP contribution in [0.3, 0.4) is 0 Å². The number of carbonyl (C=O) groups excluding carboxylic acids is 1. The summed E-state index contributed by atoms with van der Waals surface area (Å²) in [6.07, 6.45) is 3.28. The number of carbonyl (C=O) groups is 2. The van der Waals surface area contributed by atoms with Gasteiger partial charge in [-0.3, -0.25) is 9.69 Å². The van der Waals surface area contributed by atoms with E-state index in [1.54, 1.807) is 11.8 Å². The first-order valence-corrected chi connectivity index (χ1v) is 13.0. The number of anilines is 1. The standard InChI is InChI=1S/C29H34N2O3S/c1-3-5-20-31(29(34)30-19-18-22-10-7-6-8-11-22)24-12-9-13-26(21-24)35-25-16-14-23(15-17-25)27(4-2)28(32)33/h6-17,21,27H,3-5,18-20H2,1-2H3,(H,30,34)(H,32,33). The highest BCUT2D eigenvalue weighted by Gasteiger charge is 2.18. The minimum absolute atomic E-state index is 0.0832. The molecule has 0 aliphatic carbocycles. The molecule has 0 aromatic heterocycles. The minimum atomic E-state index is -0.796. The Bertz CT molecular complexity index is 1090. The van der Waals surface area contributed by atoms with Gasteiger partial charge in [0, 0.05) is 28.6 Å². The number of benzene rings is 3. The molecule has 0 aliphatic heterocycles. The van der Waals surface area contributed by atoms with Crippen molar-refractivity contribution in [1.29, 1.82) is 0 Å². The van der Waals surface area contributed by atoms with E-state index in [-0.39, 0.29) is 6.03 Å². The lowest BCUT2D eigenvalue weighted by atomic mass is 9.97. The van der Waals surface area contributed by atoms with Gasteiger partial charge in [-0.15, -0.1) is 0 Å². The molecule has 0 radical (unpaired) electrons. The molecule has 0 saturated heterocycles. The Balaban J connectivity index is 1.68. The molecule has 2 amide bonds. The van der Waals surface area contributed by atoms with Crippen molar-refractivity contribution >= 4 is 29.4 Å². The zero-order chi connectivity index (χ0) is 25.0. The number of hydrogen-bond acceptors (Lipinski definition) is 3. The second-order valence-electron chi connectivity index (χ2n) is 8.44. The van der Waals surface area contributed by atoms with Crippen molar-refractivity contribution in [3.8, 4) is 0 Å². The summed E-state index contributed by atoms with van der Waals surface area (Å²) in [6.45, 7) is 5.25. The molecule has 0 saturated carbocycles. The van der Waals surface area contributed by atoms with Crippen LogP contribution in [-0.2, 0) is 11.2 Å². The molecular weight excluding hydrogens is 456 g/mol. The van der Waals surface area contributed by atoms with Crippen LogP contribution in [0.25, 0.3) is 0 Å². The van der Waals surface area contributed by atoms with Gasteiger partial charge in [-0.05, 0) is 60.7 Å². The van der Waals surface area contributed by atoms with Crippen molar-refractivity contribution in [1.82, 2.24) is 5.32 Å². The number of amides is 2. The van der Waals surface area contributed by atoms with Crippen LogP contribution in [0.5, 0.6) is 0 Å². The van der Waals surface area contributed by atoms with Gasteiger partial charge >= 0.3 is 12.0 Å². The minimum Gasteiger partial charge on any atom is -0.481 e. The van der Waals surface area contributed by atoms with Crippen LogP contribution in [-0.4, -0.2) is 30.2 Å². The van der Waals surface area contributed by atoms with Crippen LogP contribution < -0.4 is 10.2 Å². The highest BCUT2D eigenvalue weighted by atomic mass is 32.2. The Morgan fingerprint density at radius 2 is 1.69 bits per heavy atom. The van der Waals surface area contributed by atoms with Gasteiger partial charge in [0.05, 0.1) is 5.92 Å². The highest BCUT2D eigenvalue weighted by molar-refractivity contribution is 7.99. The number of carboxylic acid groups (broad SMARTS) is 1. The van der Waals surface area contributed by atoms with Crippen molar-refractivity contribution in [3.05, 3.63) is 90.0 Å². The Labute approximate surface area is 212 Å². The van der Waals surface area contributed by atoms with E-state index in [4.69, 9.17) is 0 Å². The molecule has 6 heteroatoms. The van der Waals surface area contributed by atoms with Crippen molar-refractivity contribution in [3.63, 3.8) is 0 Å². The molecule has 35 heavy (non-hydrogen) atoms. The summed E-state index contributed by atoms with van der Waals surface area (Å²) in [5.41, 5.74) is 2.89. The van der Waals surface area contributed by atoms with E-state index in [9.17, 15) is 14.7 Å². The van der Waals surface area contributed by atoms with Crippen LogP contribution in [0.4, 0.5) is 10.5 Å². The third kappa shape index (κ3) is 7.89. The second-order valence-corrected chi connectivity index (χ2v) is 9.59. The van der Waals surface area contributed by atoms with Gasteiger partial charge in [0.15, 0.2) is 0 Å². The fourth-order valence-electron chi connectivity index (χ4n) is 3.89. The molecule has 1 unspecified atom stereocenters. The second kappa shape index (κ2) is 13.6. The van der Waals surface area contributed by atoms with Crippen molar-refractivity contribution < 1.29 is 14.7 Å². The summed E-state index contributed by atoms with van der Waals surface area (Å²) >= 11 is 1.60. The van der Waals surface area contributed by atoms with Crippen molar-refractivity contribution in [2.24, 2.45) is 0 Å². The molecule has 0 spiro atoms. The number of unbranched alkanes of at least 4 members (excludes halogenated alkanes) is 1. The third-order valence-corrected chi connectivity index (χ3v) is 6.86. The number of urea groups is 1. The molecule has 0 aliphatic rings. The summed E-state index contributed by atoms with van der Waals surface area (Å²) < 4.78 is 0. The van der Waals surface area contributed by atoms with E-state index in [2.05, 4.69) is 24.4 Å². The van der Waals surface area contributed by atoms with Gasteiger partial charge in [0.1, 0.15) is 0 Å². The molecule has 3 aromatic rings. The lowest BCUT2D eigenvalue weighted by Gasteiger charge is -2.24. The number of nitrogens with one attached hydrogen (secondary N) is 1. The summed E-state index contributed by atoms with van der Waals surface area (Å²) in [5.74, 6) is -1.28. The summed E-state index contributed by atoms with van der Waals surface area (Å²) in [7, 11) is 0. The normalized spacial score (nSPS) is 11.6. The Morgan fingerprint density at radius 3 is 2.34 bits per heavy atom. The average molecular weight is 491 g/mol. The van der Waals surface area contributed by atoms with E-state index < -0.39 is 11.9 Å². The molecule has 2 N–H and O–H groups in total. The molecule has 1 atom stereocenters. The maximum absolute atomic E-state index is 13.1. The topological polar surface area (TPSA) is 69.6 Å². The maximum Gasteiger partial charge on any atom is 0.321 e. The van der Waals surface area contributed by atoms with E-state index in [0.717, 1.165) is 40.3 Å². The van der Waals surface area contributed by atoms with Gasteiger partial charge < -0.3 is 10.4 Å². The van der Waals surface area contributed by atoms with Crippen LogP contribution in [0.15, 0.2) is 88.7 Å². The number of carboxylic acids is 1. The number of rotatable bonds is 12. The first-order valence-electron chi connectivity index (χ1n) is 12.2. The first-order chi connectivity index (χ1) is 17.0. The number of aliphatic carboxylic acids is 1. The largest absolute Gasteiger partial charge is 0.481 e. The molecule has 5 nitrogen and oxygen atoms in total. The fraction of sp³-hybridized carbons (Fsp3) is 0.310. The average Bonchev–Trinajstić information content (AvgIpc) is 2.86. The lowest BCUT2D eigenvalue weighted by Crippen LogP contribution is -2.41. The van der Waals surface area contributed by atoms with Gasteiger partial charge in [-0.25, -0.2) is 4.79 Å². The molecule has 0 fully saturated rings. The van der Waals surface area contributed by atoms with Crippen LogP contribution in [0.2, 0.25) is 0 Å². The smallest absolute Gasteiger partial charge is 0.321 e. The zero-order valence-corrected chi connectivity index (χ0v) is 21.3. The fourth-order valence-corrected chi connectivity index (χ4v) is 4.76. The molecular formula is C29H34N2O3S. The van der Waals surface area contributed by atoms with Gasteiger partial charge in [0.2, 0.25) is 0 Å². The lowest BCUT2D eigenvalue weighted by molar-refractivity contribution is -0.138. The summed E-state index contributed by atoms with van der Waals surface area (Å²) in [5, 5.41) is 12.5. The van der Waals surface area contributed by atoms with Gasteiger partial charge in [0.25, 0.3) is 0 Å². The molecule has 184 valence electrons. The van der Waals surface area contributed by atoms with E-state index in [1.165, 1.54) is 5.56 Å². The van der Waals surface area contributed by atoms with Gasteiger partial charge in [-0.2, -0.15) is 0 Å². The summed E-state index contributed by atoms with van der Waals surface area (Å²) in [6, 6.07) is 25.8. The van der Waals surface area contributed by atoms with Crippen LogP contribution in [0.1, 0.15) is 50.2 Å². The monoisotopic (exact) mass is 490 g/mol. The molecule has 0 bridgehead atoms. The molecule has 0 heterocycles. The molecule has 3 rings (SSSR count). The highest BCUT2D eigenvalue weighted by Crippen LogP contribution is 2.32. The maximum atomic E-state index is 13.1. The SMILES string of the molecule is CCCCN(C(=O)NCCc1ccccc1)c1cccc(Sc2ccc(C(CC)C(=O)O)cc2)c1. The summed E-state index contributed by atoms with van der Waals surface area (Å²) in [4.78, 5) is 28.4. The van der Waals surface area contributed by atoms with E-state index >= 15 is 0 Å².